The van der Waals surface area contributed by atoms with Crippen molar-refractivity contribution >= 4 is 5.91 Å². The summed E-state index contributed by atoms with van der Waals surface area (Å²) in [6.45, 7) is 4.80. The Morgan fingerprint density at radius 2 is 2.04 bits per heavy atom. The molecule has 1 aromatic heterocycles. The number of nitrogens with zero attached hydrogens (tertiary/aromatic N) is 2. The van der Waals surface area contributed by atoms with E-state index in [1.165, 1.54) is 6.20 Å². The average molecular weight is 347 g/mol. The Kier molecular flexibility index (Phi) is 6.00. The second-order valence-electron chi connectivity index (χ2n) is 5.73. The Balaban J connectivity index is 1.93. The summed E-state index contributed by atoms with van der Waals surface area (Å²) in [6, 6.07) is 1.63. The third-order valence-electron chi connectivity index (χ3n) is 3.68. The van der Waals surface area contributed by atoms with Crippen LogP contribution in [0.3, 0.4) is 0 Å². The number of hydrogen-bond donors (Lipinski definition) is 1. The number of pyridine rings is 1. The van der Waals surface area contributed by atoms with E-state index in [0.29, 0.717) is 25.8 Å². The molecule has 1 aromatic rings. The lowest BCUT2D eigenvalue weighted by Crippen LogP contribution is -2.47. The predicted octanol–water partition coefficient (Wildman–Crippen LogP) is 0.704. The number of amides is 1. The summed E-state index contributed by atoms with van der Waals surface area (Å²) in [7, 11) is 0. The van der Waals surface area contributed by atoms with Crippen LogP contribution in [0.2, 0.25) is 0 Å². The number of morpholine rings is 1. The van der Waals surface area contributed by atoms with Gasteiger partial charge in [0.2, 0.25) is 5.91 Å². The first-order valence-electron chi connectivity index (χ1n) is 7.63. The van der Waals surface area contributed by atoms with E-state index in [4.69, 9.17) is 4.74 Å². The van der Waals surface area contributed by atoms with Crippen molar-refractivity contribution in [3.8, 4) is 0 Å². The molecule has 1 N–H and O–H groups in total. The van der Waals surface area contributed by atoms with Crippen LogP contribution in [0.4, 0.5) is 13.2 Å². The fraction of sp³-hybridized carbons (Fsp3) is 0.600. The normalized spacial score (nSPS) is 17.5. The fourth-order valence-corrected chi connectivity index (χ4v) is 2.57. The third-order valence-corrected chi connectivity index (χ3v) is 3.68. The van der Waals surface area contributed by atoms with Gasteiger partial charge in [-0.2, -0.15) is 13.2 Å². The SMILES string of the molecule is CC(CN1CCOCC1)NC(=O)Cn1cccc(C(F)(F)F)c1=O. The monoisotopic (exact) mass is 347 g/mol. The summed E-state index contributed by atoms with van der Waals surface area (Å²) in [6.07, 6.45) is -3.57. The van der Waals surface area contributed by atoms with Crippen molar-refractivity contribution in [2.24, 2.45) is 0 Å². The van der Waals surface area contributed by atoms with Crippen LogP contribution in [-0.4, -0.2) is 54.3 Å². The maximum atomic E-state index is 12.7. The van der Waals surface area contributed by atoms with Crippen LogP contribution >= 0.6 is 0 Å². The molecule has 1 fully saturated rings. The molecule has 2 heterocycles. The molecule has 6 nitrogen and oxygen atoms in total. The molecular weight excluding hydrogens is 327 g/mol. The predicted molar refractivity (Wildman–Crippen MR) is 80.6 cm³/mol. The van der Waals surface area contributed by atoms with E-state index < -0.39 is 29.8 Å². The molecule has 2 rings (SSSR count). The lowest BCUT2D eigenvalue weighted by molar-refractivity contribution is -0.139. The molecule has 134 valence electrons. The summed E-state index contributed by atoms with van der Waals surface area (Å²) in [5.74, 6) is -0.503. The van der Waals surface area contributed by atoms with Gasteiger partial charge in [-0.25, -0.2) is 0 Å². The van der Waals surface area contributed by atoms with E-state index in [0.717, 1.165) is 23.7 Å². The van der Waals surface area contributed by atoms with Gasteiger partial charge in [0.25, 0.3) is 5.56 Å². The van der Waals surface area contributed by atoms with Crippen LogP contribution in [0, 0.1) is 0 Å². The second-order valence-corrected chi connectivity index (χ2v) is 5.73. The quantitative estimate of drug-likeness (QED) is 0.852. The Morgan fingerprint density at radius 3 is 2.67 bits per heavy atom. The minimum Gasteiger partial charge on any atom is -0.379 e. The molecule has 1 aliphatic rings. The maximum absolute atomic E-state index is 12.7. The van der Waals surface area contributed by atoms with Crippen LogP contribution in [-0.2, 0) is 22.3 Å². The first kappa shape index (κ1) is 18.5. The highest BCUT2D eigenvalue weighted by Gasteiger charge is 2.34. The molecule has 1 unspecified atom stereocenters. The largest absolute Gasteiger partial charge is 0.421 e. The zero-order valence-electron chi connectivity index (χ0n) is 13.3. The summed E-state index contributed by atoms with van der Waals surface area (Å²) < 4.78 is 44.1. The average Bonchev–Trinajstić information content (AvgIpc) is 2.49. The highest BCUT2D eigenvalue weighted by atomic mass is 19.4. The molecule has 24 heavy (non-hydrogen) atoms. The van der Waals surface area contributed by atoms with E-state index in [-0.39, 0.29) is 6.04 Å². The van der Waals surface area contributed by atoms with Gasteiger partial charge in [0, 0.05) is 31.9 Å². The van der Waals surface area contributed by atoms with Gasteiger partial charge < -0.3 is 14.6 Å². The van der Waals surface area contributed by atoms with Gasteiger partial charge in [0.05, 0.1) is 13.2 Å². The number of halogens is 3. The fourth-order valence-electron chi connectivity index (χ4n) is 2.57. The number of carbonyl (C=O) groups is 1. The van der Waals surface area contributed by atoms with Crippen molar-refractivity contribution in [1.29, 1.82) is 0 Å². The van der Waals surface area contributed by atoms with E-state index in [1.807, 2.05) is 6.92 Å². The van der Waals surface area contributed by atoms with Gasteiger partial charge in [-0.15, -0.1) is 0 Å². The van der Waals surface area contributed by atoms with Gasteiger partial charge in [0.1, 0.15) is 12.1 Å². The Hall–Kier alpha value is -1.87. The number of ether oxygens (including phenoxy) is 1. The molecule has 0 radical (unpaired) electrons. The summed E-state index contributed by atoms with van der Waals surface area (Å²) >= 11 is 0. The van der Waals surface area contributed by atoms with E-state index >= 15 is 0 Å². The van der Waals surface area contributed by atoms with Crippen molar-refractivity contribution in [2.75, 3.05) is 32.8 Å². The first-order valence-corrected chi connectivity index (χ1v) is 7.63. The summed E-state index contributed by atoms with van der Waals surface area (Å²) in [5.41, 5.74) is -2.50. The minimum atomic E-state index is -4.74. The zero-order chi connectivity index (χ0) is 17.7. The van der Waals surface area contributed by atoms with Gasteiger partial charge in [-0.3, -0.25) is 14.5 Å². The van der Waals surface area contributed by atoms with Crippen molar-refractivity contribution < 1.29 is 22.7 Å². The number of nitrogens with one attached hydrogen (secondary N) is 1. The first-order chi connectivity index (χ1) is 11.3. The van der Waals surface area contributed by atoms with Crippen LogP contribution in [0.25, 0.3) is 0 Å². The molecule has 1 saturated heterocycles. The number of alkyl halides is 3. The summed E-state index contributed by atoms with van der Waals surface area (Å²) in [4.78, 5) is 25.9. The van der Waals surface area contributed by atoms with Gasteiger partial charge in [0.15, 0.2) is 0 Å². The van der Waals surface area contributed by atoms with Gasteiger partial charge >= 0.3 is 6.18 Å². The Bertz CT molecular complexity index is 624. The van der Waals surface area contributed by atoms with Gasteiger partial charge in [-0.05, 0) is 19.1 Å². The van der Waals surface area contributed by atoms with Crippen LogP contribution < -0.4 is 10.9 Å². The molecule has 0 saturated carbocycles. The molecule has 9 heteroatoms. The standard InChI is InChI=1S/C15H20F3N3O3/c1-11(9-20-5-7-24-8-6-20)19-13(22)10-21-4-2-3-12(14(21)23)15(16,17)18/h2-4,11H,5-10H2,1H3,(H,19,22). The number of hydrogen-bond acceptors (Lipinski definition) is 4. The molecule has 1 amide bonds. The molecule has 0 aliphatic carbocycles. The lowest BCUT2D eigenvalue weighted by atomic mass is 10.2. The number of aromatic nitrogens is 1. The smallest absolute Gasteiger partial charge is 0.379 e. The highest BCUT2D eigenvalue weighted by Crippen LogP contribution is 2.25. The molecule has 0 spiro atoms. The number of carbonyl (C=O) groups excluding carboxylic acids is 1. The molecular formula is C15H20F3N3O3. The molecule has 1 atom stereocenters. The third kappa shape index (κ3) is 5.07. The second kappa shape index (κ2) is 7.80. The van der Waals surface area contributed by atoms with Crippen molar-refractivity contribution in [3.63, 3.8) is 0 Å². The minimum absolute atomic E-state index is 0.183. The van der Waals surface area contributed by atoms with Crippen molar-refractivity contribution in [2.45, 2.75) is 25.7 Å². The van der Waals surface area contributed by atoms with Gasteiger partial charge in [-0.1, -0.05) is 0 Å². The van der Waals surface area contributed by atoms with E-state index in [2.05, 4.69) is 10.2 Å². The zero-order valence-corrected chi connectivity index (χ0v) is 13.3. The number of rotatable bonds is 5. The Labute approximate surface area is 137 Å². The van der Waals surface area contributed by atoms with Crippen LogP contribution in [0.15, 0.2) is 23.1 Å². The maximum Gasteiger partial charge on any atom is 0.421 e. The van der Waals surface area contributed by atoms with E-state index in [9.17, 15) is 22.8 Å². The van der Waals surface area contributed by atoms with Crippen molar-refractivity contribution in [1.82, 2.24) is 14.8 Å². The lowest BCUT2D eigenvalue weighted by Gasteiger charge is -2.29. The topological polar surface area (TPSA) is 63.6 Å². The highest BCUT2D eigenvalue weighted by molar-refractivity contribution is 5.76. The summed E-state index contributed by atoms with van der Waals surface area (Å²) in [5, 5.41) is 2.70. The van der Waals surface area contributed by atoms with E-state index in [1.54, 1.807) is 0 Å². The van der Waals surface area contributed by atoms with Crippen LogP contribution in [0.1, 0.15) is 12.5 Å². The molecule has 0 bridgehead atoms. The van der Waals surface area contributed by atoms with Crippen LogP contribution in [0.5, 0.6) is 0 Å². The van der Waals surface area contributed by atoms with Crippen molar-refractivity contribution in [3.05, 3.63) is 34.2 Å². The Morgan fingerprint density at radius 1 is 1.38 bits per heavy atom. The molecule has 0 aromatic carbocycles. The molecule has 1 aliphatic heterocycles.